The maximum Gasteiger partial charge on any atom is 0.297 e. The van der Waals surface area contributed by atoms with Gasteiger partial charge in [0, 0.05) is 6.42 Å². The molecule has 2 aromatic heterocycles. The lowest BCUT2D eigenvalue weighted by Gasteiger charge is -2.34. The van der Waals surface area contributed by atoms with E-state index in [0.717, 1.165) is 19.3 Å². The SMILES string of the molecule is CCc1nc(-c2nc(C3(N)CCC3)no2)nn1-c1ccccc1F. The summed E-state index contributed by atoms with van der Waals surface area (Å²) in [5.74, 6) is 1.19. The second kappa shape index (κ2) is 5.48. The molecule has 24 heavy (non-hydrogen) atoms. The third kappa shape index (κ3) is 2.30. The van der Waals surface area contributed by atoms with Crippen LogP contribution in [0.4, 0.5) is 4.39 Å². The quantitative estimate of drug-likeness (QED) is 0.790. The number of hydrogen-bond donors (Lipinski definition) is 1. The van der Waals surface area contributed by atoms with Gasteiger partial charge in [-0.3, -0.25) is 0 Å². The van der Waals surface area contributed by atoms with Gasteiger partial charge in [-0.2, -0.15) is 4.98 Å². The van der Waals surface area contributed by atoms with Crippen LogP contribution < -0.4 is 5.73 Å². The molecule has 1 aromatic carbocycles. The van der Waals surface area contributed by atoms with Gasteiger partial charge in [0.15, 0.2) is 5.82 Å². The first-order valence-electron chi connectivity index (χ1n) is 7.95. The number of aryl methyl sites for hydroxylation is 1. The Morgan fingerprint density at radius 1 is 1.29 bits per heavy atom. The topological polar surface area (TPSA) is 95.7 Å². The van der Waals surface area contributed by atoms with Crippen LogP contribution in [0.5, 0.6) is 0 Å². The zero-order chi connectivity index (χ0) is 16.7. The summed E-state index contributed by atoms with van der Waals surface area (Å²) in [7, 11) is 0. The summed E-state index contributed by atoms with van der Waals surface area (Å²) in [6.45, 7) is 1.92. The van der Waals surface area contributed by atoms with E-state index < -0.39 is 5.54 Å². The van der Waals surface area contributed by atoms with Gasteiger partial charge in [-0.1, -0.05) is 24.2 Å². The number of hydrogen-bond acceptors (Lipinski definition) is 6. The lowest BCUT2D eigenvalue weighted by atomic mass is 9.77. The Morgan fingerprint density at radius 2 is 2.08 bits per heavy atom. The monoisotopic (exact) mass is 328 g/mol. The van der Waals surface area contributed by atoms with Crippen LogP contribution in [0.2, 0.25) is 0 Å². The Labute approximate surface area is 137 Å². The van der Waals surface area contributed by atoms with Crippen molar-refractivity contribution >= 4 is 0 Å². The van der Waals surface area contributed by atoms with Gasteiger partial charge in [-0.05, 0) is 31.4 Å². The molecule has 0 amide bonds. The average molecular weight is 328 g/mol. The van der Waals surface area contributed by atoms with Gasteiger partial charge in [0.2, 0.25) is 5.82 Å². The molecule has 2 heterocycles. The van der Waals surface area contributed by atoms with Crippen molar-refractivity contribution < 1.29 is 8.91 Å². The highest BCUT2D eigenvalue weighted by molar-refractivity contribution is 5.42. The van der Waals surface area contributed by atoms with Crippen molar-refractivity contribution in [3.8, 4) is 17.4 Å². The van der Waals surface area contributed by atoms with E-state index in [0.29, 0.717) is 23.8 Å². The fourth-order valence-electron chi connectivity index (χ4n) is 2.78. The van der Waals surface area contributed by atoms with Crippen LogP contribution in [0.1, 0.15) is 37.8 Å². The maximum atomic E-state index is 14.1. The molecule has 0 bridgehead atoms. The smallest absolute Gasteiger partial charge is 0.297 e. The van der Waals surface area contributed by atoms with Crippen LogP contribution >= 0.6 is 0 Å². The first-order chi connectivity index (χ1) is 11.6. The third-order valence-electron chi connectivity index (χ3n) is 4.38. The van der Waals surface area contributed by atoms with Gasteiger partial charge in [0.05, 0.1) is 5.54 Å². The Hall–Kier alpha value is -2.61. The van der Waals surface area contributed by atoms with Crippen LogP contribution in [0.15, 0.2) is 28.8 Å². The molecule has 1 aliphatic carbocycles. The third-order valence-corrected chi connectivity index (χ3v) is 4.38. The number of nitrogens with zero attached hydrogens (tertiary/aromatic N) is 5. The molecule has 4 rings (SSSR count). The minimum absolute atomic E-state index is 0.200. The van der Waals surface area contributed by atoms with Gasteiger partial charge in [-0.25, -0.2) is 14.1 Å². The summed E-state index contributed by atoms with van der Waals surface area (Å²) in [6.07, 6.45) is 3.32. The Bertz CT molecular complexity index is 882. The van der Waals surface area contributed by atoms with E-state index in [2.05, 4.69) is 20.2 Å². The van der Waals surface area contributed by atoms with Gasteiger partial charge < -0.3 is 10.3 Å². The van der Waals surface area contributed by atoms with Crippen molar-refractivity contribution in [2.24, 2.45) is 5.73 Å². The second-order valence-corrected chi connectivity index (χ2v) is 6.00. The van der Waals surface area contributed by atoms with E-state index in [9.17, 15) is 4.39 Å². The molecular weight excluding hydrogens is 311 g/mol. The van der Waals surface area contributed by atoms with Gasteiger partial charge >= 0.3 is 0 Å². The molecule has 1 saturated carbocycles. The molecule has 1 aliphatic rings. The fraction of sp³-hybridized carbons (Fsp3) is 0.375. The zero-order valence-electron chi connectivity index (χ0n) is 13.2. The standard InChI is InChI=1S/C16H17FN6O/c1-2-12-19-13(21-23(12)11-7-4-3-6-10(11)17)14-20-15(22-24-14)16(18)8-5-9-16/h3-4,6-7H,2,5,8-9,18H2,1H3. The van der Waals surface area contributed by atoms with Crippen molar-refractivity contribution in [1.82, 2.24) is 24.9 Å². The van der Waals surface area contributed by atoms with Crippen molar-refractivity contribution in [2.75, 3.05) is 0 Å². The molecule has 0 spiro atoms. The molecule has 0 saturated heterocycles. The van der Waals surface area contributed by atoms with Gasteiger partial charge in [0.25, 0.3) is 5.89 Å². The van der Waals surface area contributed by atoms with Crippen LogP contribution in [0.3, 0.4) is 0 Å². The maximum absolute atomic E-state index is 14.1. The van der Waals surface area contributed by atoms with E-state index in [4.69, 9.17) is 10.3 Å². The number of para-hydroxylation sites is 1. The van der Waals surface area contributed by atoms with Crippen LogP contribution in [0.25, 0.3) is 17.4 Å². The first kappa shape index (κ1) is 14.9. The molecule has 0 unspecified atom stereocenters. The molecular formula is C16H17FN6O. The van der Waals surface area contributed by atoms with Crippen molar-refractivity contribution in [3.05, 3.63) is 41.7 Å². The summed E-state index contributed by atoms with van der Waals surface area (Å²) in [5, 5.41) is 8.32. The average Bonchev–Trinajstić information content (AvgIpc) is 3.20. The molecule has 1 fully saturated rings. The number of nitrogens with two attached hydrogens (primary N) is 1. The van der Waals surface area contributed by atoms with Crippen LogP contribution in [-0.4, -0.2) is 24.9 Å². The molecule has 0 aliphatic heterocycles. The number of halogens is 1. The highest BCUT2D eigenvalue weighted by Gasteiger charge is 2.39. The zero-order valence-corrected chi connectivity index (χ0v) is 13.2. The predicted molar refractivity (Wildman–Crippen MR) is 83.7 cm³/mol. The minimum Gasteiger partial charge on any atom is -0.330 e. The van der Waals surface area contributed by atoms with Gasteiger partial charge in [0.1, 0.15) is 17.3 Å². The van der Waals surface area contributed by atoms with Crippen LogP contribution in [0, 0.1) is 5.82 Å². The Morgan fingerprint density at radius 3 is 2.75 bits per heavy atom. The largest absolute Gasteiger partial charge is 0.330 e. The Balaban J connectivity index is 1.74. The lowest BCUT2D eigenvalue weighted by Crippen LogP contribution is -2.44. The Kier molecular flexibility index (Phi) is 3.42. The summed E-state index contributed by atoms with van der Waals surface area (Å²) < 4.78 is 20.8. The first-order valence-corrected chi connectivity index (χ1v) is 7.95. The minimum atomic E-state index is -0.510. The summed E-state index contributed by atoms with van der Waals surface area (Å²) in [4.78, 5) is 8.75. The number of benzene rings is 1. The highest BCUT2D eigenvalue weighted by atomic mass is 19.1. The summed E-state index contributed by atoms with van der Waals surface area (Å²) in [5.41, 5.74) is 6.03. The van der Waals surface area contributed by atoms with Crippen LogP contribution in [-0.2, 0) is 12.0 Å². The lowest BCUT2D eigenvalue weighted by molar-refractivity contribution is 0.229. The molecule has 8 heteroatoms. The number of aromatic nitrogens is 5. The van der Waals surface area contributed by atoms with E-state index in [-0.39, 0.29) is 17.5 Å². The van der Waals surface area contributed by atoms with E-state index >= 15 is 0 Å². The number of rotatable bonds is 4. The predicted octanol–water partition coefficient (Wildman–Crippen LogP) is 2.36. The van der Waals surface area contributed by atoms with E-state index in [1.54, 1.807) is 18.2 Å². The van der Waals surface area contributed by atoms with E-state index in [1.165, 1.54) is 10.7 Å². The normalized spacial score (nSPS) is 16.1. The molecule has 3 aromatic rings. The van der Waals surface area contributed by atoms with Crippen molar-refractivity contribution in [2.45, 2.75) is 38.1 Å². The molecule has 7 nitrogen and oxygen atoms in total. The molecule has 2 N–H and O–H groups in total. The summed E-state index contributed by atoms with van der Waals surface area (Å²) >= 11 is 0. The second-order valence-electron chi connectivity index (χ2n) is 6.00. The van der Waals surface area contributed by atoms with Crippen molar-refractivity contribution in [3.63, 3.8) is 0 Å². The van der Waals surface area contributed by atoms with E-state index in [1.807, 2.05) is 6.92 Å². The van der Waals surface area contributed by atoms with Crippen molar-refractivity contribution in [1.29, 1.82) is 0 Å². The molecule has 0 atom stereocenters. The molecule has 124 valence electrons. The highest BCUT2D eigenvalue weighted by Crippen LogP contribution is 2.37. The fourth-order valence-corrected chi connectivity index (χ4v) is 2.78. The van der Waals surface area contributed by atoms with Gasteiger partial charge in [-0.15, -0.1) is 5.10 Å². The molecule has 0 radical (unpaired) electrons. The summed E-state index contributed by atoms with van der Waals surface area (Å²) in [6, 6.07) is 6.41.